The van der Waals surface area contributed by atoms with Crippen LogP contribution in [0.4, 0.5) is 5.00 Å². The number of aromatic nitrogens is 2. The number of anilines is 1. The molecule has 0 aliphatic heterocycles. The van der Waals surface area contributed by atoms with Gasteiger partial charge in [-0.1, -0.05) is 23.8 Å². The van der Waals surface area contributed by atoms with Gasteiger partial charge in [0.15, 0.2) is 0 Å². The van der Waals surface area contributed by atoms with E-state index in [0.29, 0.717) is 6.61 Å². The summed E-state index contributed by atoms with van der Waals surface area (Å²) in [5, 5.41) is 8.09. The summed E-state index contributed by atoms with van der Waals surface area (Å²) in [6.07, 6.45) is 5.39. The molecule has 0 radical (unpaired) electrons. The molecule has 4 nitrogen and oxygen atoms in total. The van der Waals surface area contributed by atoms with E-state index in [-0.39, 0.29) is 0 Å². The molecule has 0 unspecified atom stereocenters. The van der Waals surface area contributed by atoms with Crippen molar-refractivity contribution in [3.63, 3.8) is 0 Å². The molecular weight excluding hydrogens is 210 g/mol. The molecule has 1 aliphatic carbocycles. The molecule has 0 atom stereocenters. The van der Waals surface area contributed by atoms with Crippen LogP contribution in [0, 0.1) is 5.92 Å². The first-order chi connectivity index (χ1) is 7.40. The Balaban J connectivity index is 1.64. The lowest BCUT2D eigenvalue weighted by molar-refractivity contribution is 0.0932. The number of hydrogen-bond acceptors (Lipinski definition) is 5. The quantitative estimate of drug-likeness (QED) is 0.757. The lowest BCUT2D eigenvalue weighted by atomic mass is 9.83. The van der Waals surface area contributed by atoms with Gasteiger partial charge in [-0.05, 0) is 12.3 Å². The van der Waals surface area contributed by atoms with Gasteiger partial charge >= 0.3 is 0 Å². The normalized spacial score (nSPS) is 16.3. The van der Waals surface area contributed by atoms with Crippen molar-refractivity contribution >= 4 is 16.5 Å². The van der Waals surface area contributed by atoms with Gasteiger partial charge in [-0.2, -0.15) is 0 Å². The summed E-state index contributed by atoms with van der Waals surface area (Å²) in [7, 11) is 1.88. The number of rotatable bonds is 6. The zero-order valence-corrected chi connectivity index (χ0v) is 9.85. The van der Waals surface area contributed by atoms with Gasteiger partial charge in [0.1, 0.15) is 10.7 Å². The Bertz CT molecular complexity index is 299. The molecule has 1 N–H and O–H groups in total. The molecule has 1 heterocycles. The number of ether oxygens (including phenoxy) is 1. The Morgan fingerprint density at radius 2 is 2.40 bits per heavy atom. The van der Waals surface area contributed by atoms with Crippen molar-refractivity contribution in [1.82, 2.24) is 9.59 Å². The van der Waals surface area contributed by atoms with Crippen LogP contribution in [0.25, 0.3) is 0 Å². The van der Waals surface area contributed by atoms with Gasteiger partial charge in [-0.25, -0.2) is 0 Å². The average Bonchev–Trinajstić information content (AvgIpc) is 2.62. The molecule has 15 heavy (non-hydrogen) atoms. The molecular formula is C10H17N3OS. The second-order valence-electron chi connectivity index (χ2n) is 3.94. The van der Waals surface area contributed by atoms with Crippen molar-refractivity contribution in [2.75, 3.05) is 19.0 Å². The van der Waals surface area contributed by atoms with Crippen molar-refractivity contribution < 1.29 is 4.74 Å². The minimum absolute atomic E-state index is 0.583. The summed E-state index contributed by atoms with van der Waals surface area (Å²) in [5.74, 6) is 0.919. The molecule has 0 amide bonds. The highest BCUT2D eigenvalue weighted by molar-refractivity contribution is 7.10. The topological polar surface area (TPSA) is 47.0 Å². The van der Waals surface area contributed by atoms with Crippen LogP contribution in [-0.2, 0) is 11.3 Å². The highest BCUT2D eigenvalue weighted by Gasteiger charge is 2.16. The van der Waals surface area contributed by atoms with Crippen LogP contribution in [0.15, 0.2) is 0 Å². The maximum Gasteiger partial charge on any atom is 0.135 e. The van der Waals surface area contributed by atoms with Crippen LogP contribution in [0.5, 0.6) is 0 Å². The Kier molecular flexibility index (Phi) is 3.91. The lowest BCUT2D eigenvalue weighted by Crippen LogP contribution is -2.13. The second kappa shape index (κ2) is 5.42. The Morgan fingerprint density at radius 1 is 1.53 bits per heavy atom. The van der Waals surface area contributed by atoms with Crippen LogP contribution >= 0.6 is 11.5 Å². The monoisotopic (exact) mass is 227 g/mol. The molecule has 1 saturated carbocycles. The Morgan fingerprint density at radius 3 is 3.07 bits per heavy atom. The maximum atomic E-state index is 5.59. The van der Waals surface area contributed by atoms with E-state index >= 15 is 0 Å². The van der Waals surface area contributed by atoms with E-state index in [1.807, 2.05) is 7.05 Å². The molecule has 1 aromatic heterocycles. The number of nitrogens with one attached hydrogen (secondary N) is 1. The second-order valence-corrected chi connectivity index (χ2v) is 4.69. The van der Waals surface area contributed by atoms with Crippen molar-refractivity contribution in [2.24, 2.45) is 5.92 Å². The summed E-state index contributed by atoms with van der Waals surface area (Å²) in [4.78, 5) is 0. The fraction of sp³-hybridized carbons (Fsp3) is 0.800. The third-order valence-corrected chi connectivity index (χ3v) is 3.70. The van der Waals surface area contributed by atoms with Crippen LogP contribution in [0.3, 0.4) is 0 Å². The first-order valence-corrected chi connectivity index (χ1v) is 6.24. The van der Waals surface area contributed by atoms with Crippen molar-refractivity contribution in [2.45, 2.75) is 32.3 Å². The van der Waals surface area contributed by atoms with E-state index in [2.05, 4.69) is 14.9 Å². The fourth-order valence-corrected chi connectivity index (χ4v) is 2.21. The Labute approximate surface area is 94.2 Å². The zero-order chi connectivity index (χ0) is 10.5. The predicted octanol–water partition coefficient (Wildman–Crippen LogP) is 2.29. The van der Waals surface area contributed by atoms with Gasteiger partial charge < -0.3 is 10.1 Å². The van der Waals surface area contributed by atoms with Gasteiger partial charge in [0.05, 0.1) is 6.61 Å². The lowest BCUT2D eigenvalue weighted by Gasteiger charge is -2.24. The number of hydrogen-bond donors (Lipinski definition) is 1. The van der Waals surface area contributed by atoms with Crippen LogP contribution in [0.1, 0.15) is 31.4 Å². The predicted molar refractivity (Wildman–Crippen MR) is 61.1 cm³/mol. The minimum atomic E-state index is 0.583. The summed E-state index contributed by atoms with van der Waals surface area (Å²) in [6.45, 7) is 1.44. The highest BCUT2D eigenvalue weighted by atomic mass is 32.1. The number of nitrogens with zero attached hydrogens (tertiary/aromatic N) is 2. The van der Waals surface area contributed by atoms with Gasteiger partial charge in [-0.15, -0.1) is 5.10 Å². The van der Waals surface area contributed by atoms with Gasteiger partial charge in [-0.3, -0.25) is 0 Å². The van der Waals surface area contributed by atoms with Gasteiger partial charge in [0, 0.05) is 25.2 Å². The van der Waals surface area contributed by atoms with Crippen LogP contribution in [0.2, 0.25) is 0 Å². The van der Waals surface area contributed by atoms with Gasteiger partial charge in [0.25, 0.3) is 0 Å². The average molecular weight is 227 g/mol. The standard InChI is InChI=1S/C10H17N3OS/c1-11-10-9(12-13-15-10)7-14-6-5-8-3-2-4-8/h8,11H,2-7H2,1H3. The summed E-state index contributed by atoms with van der Waals surface area (Å²) < 4.78 is 9.47. The molecule has 2 rings (SSSR count). The minimum Gasteiger partial charge on any atom is -0.377 e. The fourth-order valence-electron chi connectivity index (χ4n) is 1.69. The third-order valence-electron chi connectivity index (χ3n) is 2.92. The molecule has 0 aromatic carbocycles. The summed E-state index contributed by atoms with van der Waals surface area (Å²) in [6, 6.07) is 0. The highest BCUT2D eigenvalue weighted by Crippen LogP contribution is 2.29. The van der Waals surface area contributed by atoms with Crippen molar-refractivity contribution in [3.05, 3.63) is 5.69 Å². The summed E-state index contributed by atoms with van der Waals surface area (Å²) >= 11 is 1.38. The van der Waals surface area contributed by atoms with Crippen LogP contribution in [-0.4, -0.2) is 23.2 Å². The van der Waals surface area contributed by atoms with E-state index in [4.69, 9.17) is 4.74 Å². The third kappa shape index (κ3) is 2.89. The SMILES string of the molecule is CNc1snnc1COCCC1CCC1. The molecule has 0 bridgehead atoms. The maximum absolute atomic E-state index is 5.59. The molecule has 1 fully saturated rings. The molecule has 1 aromatic rings. The molecule has 0 spiro atoms. The van der Waals surface area contributed by atoms with Crippen molar-refractivity contribution in [3.8, 4) is 0 Å². The van der Waals surface area contributed by atoms with Gasteiger partial charge in [0.2, 0.25) is 0 Å². The molecule has 5 heteroatoms. The zero-order valence-electron chi connectivity index (χ0n) is 9.03. The van der Waals surface area contributed by atoms with E-state index in [0.717, 1.165) is 23.2 Å². The van der Waals surface area contributed by atoms with E-state index in [1.54, 1.807) is 0 Å². The largest absolute Gasteiger partial charge is 0.377 e. The molecule has 1 aliphatic rings. The Hall–Kier alpha value is -0.680. The summed E-state index contributed by atoms with van der Waals surface area (Å²) in [5.41, 5.74) is 0.927. The van der Waals surface area contributed by atoms with E-state index < -0.39 is 0 Å². The van der Waals surface area contributed by atoms with Crippen LogP contribution < -0.4 is 5.32 Å². The first kappa shape index (κ1) is 10.8. The molecule has 0 saturated heterocycles. The van der Waals surface area contributed by atoms with Crippen molar-refractivity contribution in [1.29, 1.82) is 0 Å². The molecule has 84 valence electrons. The first-order valence-electron chi connectivity index (χ1n) is 5.47. The smallest absolute Gasteiger partial charge is 0.135 e. The van der Waals surface area contributed by atoms with E-state index in [9.17, 15) is 0 Å². The van der Waals surface area contributed by atoms with E-state index in [1.165, 1.54) is 37.2 Å².